The molecule has 6 nitrogen and oxygen atoms in total. The second-order valence-corrected chi connectivity index (χ2v) is 7.15. The van der Waals surface area contributed by atoms with Crippen LogP contribution in [0.25, 0.3) is 0 Å². The van der Waals surface area contributed by atoms with Crippen molar-refractivity contribution in [3.63, 3.8) is 0 Å². The van der Waals surface area contributed by atoms with Gasteiger partial charge in [-0.1, -0.05) is 12.1 Å². The summed E-state index contributed by atoms with van der Waals surface area (Å²) in [7, 11) is 1.89. The zero-order valence-electron chi connectivity index (χ0n) is 15.8. The maximum absolute atomic E-state index is 12.9. The number of hydrogen-bond donors (Lipinski definition) is 2. The third kappa shape index (κ3) is 4.00. The first-order valence-corrected chi connectivity index (χ1v) is 9.31. The summed E-state index contributed by atoms with van der Waals surface area (Å²) >= 11 is 0. The van der Waals surface area contributed by atoms with Gasteiger partial charge in [0.15, 0.2) is 0 Å². The number of likely N-dealkylation sites (tertiary alicyclic amines) is 1. The summed E-state index contributed by atoms with van der Waals surface area (Å²) in [4.78, 5) is 14.9. The van der Waals surface area contributed by atoms with E-state index in [0.29, 0.717) is 0 Å². The van der Waals surface area contributed by atoms with Crippen molar-refractivity contribution in [2.24, 2.45) is 7.05 Å². The Balaban J connectivity index is 1.65. The number of hydrogen-bond acceptors (Lipinski definition) is 3. The summed E-state index contributed by atoms with van der Waals surface area (Å²) in [6.07, 6.45) is 5.09. The topological polar surface area (TPSA) is 70.4 Å². The highest BCUT2D eigenvalue weighted by Gasteiger charge is 2.27. The van der Waals surface area contributed by atoms with Crippen LogP contribution in [-0.2, 0) is 13.5 Å². The minimum atomic E-state index is -0.0281. The summed E-state index contributed by atoms with van der Waals surface area (Å²) in [6.45, 7) is 4.68. The summed E-state index contributed by atoms with van der Waals surface area (Å²) in [5, 5.41) is 16.9. The normalized spacial score (nSPS) is 17.3. The van der Waals surface area contributed by atoms with Gasteiger partial charge in [-0.05, 0) is 63.6 Å². The Labute approximate surface area is 154 Å². The third-order valence-electron chi connectivity index (χ3n) is 5.33. The van der Waals surface area contributed by atoms with Crippen LogP contribution < -0.4 is 5.32 Å². The van der Waals surface area contributed by atoms with Crippen LogP contribution in [0.1, 0.15) is 42.6 Å². The van der Waals surface area contributed by atoms with Gasteiger partial charge in [-0.2, -0.15) is 5.10 Å². The molecule has 1 fully saturated rings. The van der Waals surface area contributed by atoms with Gasteiger partial charge in [0.1, 0.15) is 5.75 Å². The van der Waals surface area contributed by atoms with E-state index in [0.717, 1.165) is 55.7 Å². The lowest BCUT2D eigenvalue weighted by Crippen LogP contribution is -2.46. The number of piperidine rings is 1. The number of aromatic nitrogens is 2. The summed E-state index contributed by atoms with van der Waals surface area (Å²) in [5.74, 6) is 0.287. The zero-order valence-corrected chi connectivity index (χ0v) is 15.8. The van der Waals surface area contributed by atoms with Crippen molar-refractivity contribution in [2.45, 2.75) is 52.0 Å². The molecule has 0 radical (unpaired) electrons. The average Bonchev–Trinajstić information content (AvgIpc) is 2.87. The fourth-order valence-corrected chi connectivity index (χ4v) is 3.70. The quantitative estimate of drug-likeness (QED) is 0.876. The summed E-state index contributed by atoms with van der Waals surface area (Å²) in [5.41, 5.74) is 3.82. The molecule has 1 aromatic heterocycles. The van der Waals surface area contributed by atoms with Gasteiger partial charge in [-0.3, -0.25) is 4.68 Å². The molecular formula is C20H28N4O2. The average molecular weight is 356 g/mol. The van der Waals surface area contributed by atoms with Crippen LogP contribution in [0.4, 0.5) is 10.5 Å². The van der Waals surface area contributed by atoms with E-state index >= 15 is 0 Å². The van der Waals surface area contributed by atoms with Gasteiger partial charge >= 0.3 is 6.03 Å². The molecule has 6 heteroatoms. The minimum Gasteiger partial charge on any atom is -0.508 e. The van der Waals surface area contributed by atoms with Crippen LogP contribution in [0, 0.1) is 13.8 Å². The van der Waals surface area contributed by atoms with E-state index < -0.39 is 0 Å². The molecule has 0 spiro atoms. The molecule has 0 bridgehead atoms. The van der Waals surface area contributed by atoms with Crippen LogP contribution in [0.15, 0.2) is 24.3 Å². The predicted molar refractivity (Wildman–Crippen MR) is 102 cm³/mol. The lowest BCUT2D eigenvalue weighted by Gasteiger charge is -2.36. The van der Waals surface area contributed by atoms with E-state index in [-0.39, 0.29) is 17.8 Å². The standard InChI is InChI=1S/C20H28N4O2/c1-14-19(15(2)23(3)22-14)21-20(26)24-13-5-4-6-17(24)10-7-16-8-11-18(25)12-9-16/h8-9,11-12,17,25H,4-7,10,13H2,1-3H3,(H,21,26). The van der Waals surface area contributed by atoms with Crippen molar-refractivity contribution in [3.05, 3.63) is 41.2 Å². The molecule has 1 saturated heterocycles. The number of aryl methyl sites for hydroxylation is 3. The number of anilines is 1. The van der Waals surface area contributed by atoms with E-state index in [1.807, 2.05) is 37.9 Å². The highest BCUT2D eigenvalue weighted by Crippen LogP contribution is 2.25. The SMILES string of the molecule is Cc1nn(C)c(C)c1NC(=O)N1CCCCC1CCc1ccc(O)cc1. The molecule has 3 rings (SSSR count). The smallest absolute Gasteiger partial charge is 0.322 e. The Bertz CT molecular complexity index is 767. The molecule has 2 heterocycles. The number of aromatic hydroxyl groups is 1. The van der Waals surface area contributed by atoms with Crippen molar-refractivity contribution in [1.82, 2.24) is 14.7 Å². The van der Waals surface area contributed by atoms with Gasteiger partial charge in [0.25, 0.3) is 0 Å². The number of urea groups is 1. The van der Waals surface area contributed by atoms with Gasteiger partial charge in [-0.25, -0.2) is 4.79 Å². The molecule has 140 valence electrons. The summed E-state index contributed by atoms with van der Waals surface area (Å²) < 4.78 is 1.80. The van der Waals surface area contributed by atoms with Crippen LogP contribution in [0.2, 0.25) is 0 Å². The molecule has 1 unspecified atom stereocenters. The van der Waals surface area contributed by atoms with E-state index in [9.17, 15) is 9.90 Å². The fourth-order valence-electron chi connectivity index (χ4n) is 3.70. The van der Waals surface area contributed by atoms with Gasteiger partial charge in [0.2, 0.25) is 0 Å². The van der Waals surface area contributed by atoms with Crippen LogP contribution in [-0.4, -0.2) is 38.4 Å². The third-order valence-corrected chi connectivity index (χ3v) is 5.33. The van der Waals surface area contributed by atoms with E-state index in [2.05, 4.69) is 10.4 Å². The number of phenolic OH excluding ortho intramolecular Hbond substituents is 1. The number of benzene rings is 1. The second kappa shape index (κ2) is 7.81. The molecule has 2 aromatic rings. The maximum Gasteiger partial charge on any atom is 0.322 e. The highest BCUT2D eigenvalue weighted by atomic mass is 16.3. The Kier molecular flexibility index (Phi) is 5.49. The number of phenols is 1. The number of nitrogens with zero attached hydrogens (tertiary/aromatic N) is 3. The Hall–Kier alpha value is -2.50. The lowest BCUT2D eigenvalue weighted by atomic mass is 9.96. The van der Waals surface area contributed by atoms with Gasteiger partial charge < -0.3 is 15.3 Å². The molecule has 0 aliphatic carbocycles. The van der Waals surface area contributed by atoms with Crippen molar-refractivity contribution < 1.29 is 9.90 Å². The Morgan fingerprint density at radius 3 is 2.65 bits per heavy atom. The number of carbonyl (C=O) groups is 1. The largest absolute Gasteiger partial charge is 0.508 e. The molecule has 2 amide bonds. The Morgan fingerprint density at radius 2 is 2.00 bits per heavy atom. The molecule has 2 N–H and O–H groups in total. The highest BCUT2D eigenvalue weighted by molar-refractivity contribution is 5.90. The zero-order chi connectivity index (χ0) is 18.7. The van der Waals surface area contributed by atoms with Crippen molar-refractivity contribution >= 4 is 11.7 Å². The van der Waals surface area contributed by atoms with E-state index in [1.165, 1.54) is 5.56 Å². The maximum atomic E-state index is 12.9. The van der Waals surface area contributed by atoms with Crippen molar-refractivity contribution in [3.8, 4) is 5.75 Å². The molecule has 1 aliphatic rings. The van der Waals surface area contributed by atoms with Gasteiger partial charge in [-0.15, -0.1) is 0 Å². The molecule has 1 atom stereocenters. The van der Waals surface area contributed by atoms with Crippen molar-refractivity contribution in [1.29, 1.82) is 0 Å². The monoisotopic (exact) mass is 356 g/mol. The van der Waals surface area contributed by atoms with E-state index in [1.54, 1.807) is 16.8 Å². The molecule has 26 heavy (non-hydrogen) atoms. The molecule has 1 aromatic carbocycles. The molecule has 1 aliphatic heterocycles. The van der Waals surface area contributed by atoms with Gasteiger partial charge in [0.05, 0.1) is 17.1 Å². The predicted octanol–water partition coefficient (Wildman–Crippen LogP) is 3.76. The first kappa shape index (κ1) is 18.3. The first-order chi connectivity index (χ1) is 12.5. The van der Waals surface area contributed by atoms with Crippen molar-refractivity contribution in [2.75, 3.05) is 11.9 Å². The van der Waals surface area contributed by atoms with E-state index in [4.69, 9.17) is 0 Å². The first-order valence-electron chi connectivity index (χ1n) is 9.31. The van der Waals surface area contributed by atoms with Crippen LogP contribution in [0.3, 0.4) is 0 Å². The Morgan fingerprint density at radius 1 is 1.27 bits per heavy atom. The van der Waals surface area contributed by atoms with Crippen LogP contribution in [0.5, 0.6) is 5.75 Å². The van der Waals surface area contributed by atoms with Gasteiger partial charge in [0, 0.05) is 19.6 Å². The fraction of sp³-hybridized carbons (Fsp3) is 0.500. The number of carbonyl (C=O) groups excluding carboxylic acids is 1. The minimum absolute atomic E-state index is 0.0281. The van der Waals surface area contributed by atoms with Crippen LogP contribution >= 0.6 is 0 Å². The lowest BCUT2D eigenvalue weighted by molar-refractivity contribution is 0.158. The summed E-state index contributed by atoms with van der Waals surface area (Å²) in [6, 6.07) is 7.55. The number of nitrogens with one attached hydrogen (secondary N) is 1. The molecule has 0 saturated carbocycles. The second-order valence-electron chi connectivity index (χ2n) is 7.15. The number of rotatable bonds is 4. The number of amides is 2. The molecular weight excluding hydrogens is 328 g/mol.